The van der Waals surface area contributed by atoms with Crippen LogP contribution in [0, 0.1) is 0 Å². The molecule has 5 heteroatoms. The van der Waals surface area contributed by atoms with E-state index in [1.807, 2.05) is 11.3 Å². The summed E-state index contributed by atoms with van der Waals surface area (Å²) in [6.07, 6.45) is 0. The lowest BCUT2D eigenvalue weighted by molar-refractivity contribution is 1.01. The molecule has 0 fully saturated rings. The van der Waals surface area contributed by atoms with Gasteiger partial charge in [0.25, 0.3) is 0 Å². The van der Waals surface area contributed by atoms with Gasteiger partial charge in [-0.25, -0.2) is 9.97 Å². The van der Waals surface area contributed by atoms with Gasteiger partial charge in [0.05, 0.1) is 39.0 Å². The molecule has 0 spiro atoms. The summed E-state index contributed by atoms with van der Waals surface area (Å²) in [5.74, 6) is 0.653. The van der Waals surface area contributed by atoms with Gasteiger partial charge in [0, 0.05) is 58.1 Å². The zero-order valence-electron chi connectivity index (χ0n) is 30.5. The molecule has 0 atom stereocenters. The van der Waals surface area contributed by atoms with Gasteiger partial charge >= 0.3 is 0 Å². The van der Waals surface area contributed by atoms with E-state index in [2.05, 4.69) is 191 Å². The normalized spacial score (nSPS) is 12.2. The van der Waals surface area contributed by atoms with Crippen molar-refractivity contribution in [3.63, 3.8) is 0 Å². The van der Waals surface area contributed by atoms with Crippen LogP contribution in [0.1, 0.15) is 0 Å². The van der Waals surface area contributed by atoms with E-state index in [-0.39, 0.29) is 0 Å². The number of thiophene rings is 1. The van der Waals surface area contributed by atoms with E-state index in [1.54, 1.807) is 0 Å². The van der Waals surface area contributed by atoms with Crippen molar-refractivity contribution in [2.75, 3.05) is 0 Å². The fourth-order valence-corrected chi connectivity index (χ4v) is 10.5. The van der Waals surface area contributed by atoms with Crippen molar-refractivity contribution in [3.05, 3.63) is 182 Å². The van der Waals surface area contributed by atoms with Gasteiger partial charge in [-0.05, 0) is 64.7 Å². The van der Waals surface area contributed by atoms with E-state index in [9.17, 15) is 0 Å². The predicted molar refractivity (Wildman–Crippen MR) is 242 cm³/mol. The summed E-state index contributed by atoms with van der Waals surface area (Å²) in [4.78, 5) is 10.9. The number of para-hydroxylation sites is 2. The molecule has 0 aliphatic carbocycles. The first-order valence-corrected chi connectivity index (χ1v) is 20.1. The number of fused-ring (bicyclic) bond motifs is 13. The van der Waals surface area contributed by atoms with Gasteiger partial charge in [0.2, 0.25) is 5.95 Å². The Hall–Kier alpha value is -7.34. The molecule has 0 bridgehead atoms. The van der Waals surface area contributed by atoms with Gasteiger partial charge in [-0.2, -0.15) is 0 Å². The summed E-state index contributed by atoms with van der Waals surface area (Å²) < 4.78 is 7.33. The first kappa shape index (κ1) is 30.9. The van der Waals surface area contributed by atoms with Crippen molar-refractivity contribution < 1.29 is 0 Å². The highest BCUT2D eigenvalue weighted by molar-refractivity contribution is 7.25. The molecule has 0 aliphatic heterocycles. The minimum absolute atomic E-state index is 0.653. The van der Waals surface area contributed by atoms with Crippen molar-refractivity contribution in [1.29, 1.82) is 0 Å². The van der Waals surface area contributed by atoms with E-state index in [0.717, 1.165) is 44.3 Å². The Labute approximate surface area is 330 Å². The molecule has 57 heavy (non-hydrogen) atoms. The molecule has 0 N–H and O–H groups in total. The van der Waals surface area contributed by atoms with E-state index < -0.39 is 0 Å². The molecule has 0 unspecified atom stereocenters. The van der Waals surface area contributed by atoms with Crippen LogP contribution in [0.15, 0.2) is 182 Å². The molecular weight excluding hydrogens is 713 g/mol. The Morgan fingerprint density at radius 1 is 0.386 bits per heavy atom. The van der Waals surface area contributed by atoms with Crippen LogP contribution in [0.4, 0.5) is 0 Å². The van der Waals surface area contributed by atoms with Crippen LogP contribution < -0.4 is 0 Å². The lowest BCUT2D eigenvalue weighted by atomic mass is 10.0. The Morgan fingerprint density at radius 2 is 1.07 bits per heavy atom. The molecule has 13 rings (SSSR count). The van der Waals surface area contributed by atoms with E-state index in [0.29, 0.717) is 5.95 Å². The largest absolute Gasteiger partial charge is 0.308 e. The van der Waals surface area contributed by atoms with Crippen LogP contribution >= 0.6 is 11.3 Å². The fourth-order valence-electron chi connectivity index (χ4n) is 9.37. The van der Waals surface area contributed by atoms with Crippen molar-refractivity contribution in [3.8, 4) is 22.9 Å². The molecule has 4 heterocycles. The van der Waals surface area contributed by atoms with Crippen LogP contribution in [0.5, 0.6) is 0 Å². The predicted octanol–water partition coefficient (Wildman–Crippen LogP) is 14.2. The van der Waals surface area contributed by atoms with E-state index in [4.69, 9.17) is 9.97 Å². The second-order valence-electron chi connectivity index (χ2n) is 15.0. The summed E-state index contributed by atoms with van der Waals surface area (Å²) in [6, 6.07) is 66.0. The maximum atomic E-state index is 5.54. The van der Waals surface area contributed by atoms with Gasteiger partial charge in [-0.1, -0.05) is 133 Å². The Morgan fingerprint density at radius 3 is 1.96 bits per heavy atom. The van der Waals surface area contributed by atoms with Gasteiger partial charge < -0.3 is 4.57 Å². The van der Waals surface area contributed by atoms with Crippen LogP contribution in [0.3, 0.4) is 0 Å². The Kier molecular flexibility index (Phi) is 6.29. The lowest BCUT2D eigenvalue weighted by Crippen LogP contribution is -2.03. The topological polar surface area (TPSA) is 35.6 Å². The van der Waals surface area contributed by atoms with E-state index >= 15 is 0 Å². The highest BCUT2D eigenvalue weighted by Crippen LogP contribution is 2.43. The smallest absolute Gasteiger partial charge is 0.235 e. The summed E-state index contributed by atoms with van der Waals surface area (Å²) in [5, 5.41) is 13.2. The third-order valence-electron chi connectivity index (χ3n) is 11.9. The average molecular weight is 743 g/mol. The minimum Gasteiger partial charge on any atom is -0.308 e. The third kappa shape index (κ3) is 4.37. The van der Waals surface area contributed by atoms with Crippen LogP contribution in [0.25, 0.3) is 119 Å². The molecule has 13 aromatic rings. The second kappa shape index (κ2) is 11.6. The van der Waals surface area contributed by atoms with Gasteiger partial charge in [-0.15, -0.1) is 11.3 Å². The number of hydrogen-bond donors (Lipinski definition) is 0. The maximum Gasteiger partial charge on any atom is 0.235 e. The number of aromatic nitrogens is 4. The zero-order chi connectivity index (χ0) is 37.2. The molecule has 0 radical (unpaired) electrons. The van der Waals surface area contributed by atoms with Crippen LogP contribution in [0.2, 0.25) is 0 Å². The molecule has 0 aliphatic rings. The first-order valence-electron chi connectivity index (χ1n) is 19.3. The Balaban J connectivity index is 1.16. The molecule has 9 aromatic carbocycles. The quantitative estimate of drug-likeness (QED) is 0.181. The first-order chi connectivity index (χ1) is 28.3. The summed E-state index contributed by atoms with van der Waals surface area (Å²) >= 11 is 1.83. The van der Waals surface area contributed by atoms with Crippen molar-refractivity contribution in [2.45, 2.75) is 0 Å². The van der Waals surface area contributed by atoms with Gasteiger partial charge in [-0.3, -0.25) is 4.57 Å². The molecule has 0 amide bonds. The lowest BCUT2D eigenvalue weighted by Gasteiger charge is -2.13. The standard InChI is InChI=1S/C52H30N4S/c1-2-14-33-29-46-41(28-32(33)13-1)49-44(55-43-20-9-6-16-36(43)39-27-24-31-12-3-4-15-35(31)51(39)55)21-11-22-45(49)56(46)52-53-42-19-8-5-18-40(42)50(54-52)34-25-26-38-37-17-7-10-23-47(37)57-48(38)30-34/h1-30H. The highest BCUT2D eigenvalue weighted by atomic mass is 32.1. The van der Waals surface area contributed by atoms with Crippen LogP contribution in [-0.4, -0.2) is 19.1 Å². The van der Waals surface area contributed by atoms with Crippen LogP contribution in [-0.2, 0) is 0 Å². The fraction of sp³-hybridized carbons (Fsp3) is 0. The van der Waals surface area contributed by atoms with Crippen molar-refractivity contribution in [2.24, 2.45) is 0 Å². The number of nitrogens with zero attached hydrogens (tertiary/aromatic N) is 4. The van der Waals surface area contributed by atoms with Crippen molar-refractivity contribution in [1.82, 2.24) is 19.1 Å². The third-order valence-corrected chi connectivity index (χ3v) is 13.0. The SMILES string of the molecule is c1ccc2cc3c(cc2c1)c1c(-n2c4ccccc4c4ccc5ccccc5c42)cccc1n3-c1nc(-c2ccc3c(c2)sc2ccccc23)c2ccccc2n1. The molecule has 4 aromatic heterocycles. The molecule has 0 saturated heterocycles. The highest BCUT2D eigenvalue weighted by Gasteiger charge is 2.23. The zero-order valence-corrected chi connectivity index (χ0v) is 31.3. The summed E-state index contributed by atoms with van der Waals surface area (Å²) in [5.41, 5.74) is 8.57. The minimum atomic E-state index is 0.653. The number of benzene rings is 9. The molecule has 0 saturated carbocycles. The maximum absolute atomic E-state index is 5.54. The molecule has 264 valence electrons. The number of hydrogen-bond acceptors (Lipinski definition) is 3. The van der Waals surface area contributed by atoms with E-state index in [1.165, 1.54) is 68.9 Å². The Bertz CT molecular complexity index is 3830. The van der Waals surface area contributed by atoms with Gasteiger partial charge in [0.1, 0.15) is 0 Å². The van der Waals surface area contributed by atoms with Crippen molar-refractivity contribution >= 4 is 108 Å². The summed E-state index contributed by atoms with van der Waals surface area (Å²) in [6.45, 7) is 0. The monoisotopic (exact) mass is 742 g/mol. The number of rotatable bonds is 3. The second-order valence-corrected chi connectivity index (χ2v) is 16.0. The molecule has 4 nitrogen and oxygen atoms in total. The van der Waals surface area contributed by atoms with Gasteiger partial charge in [0.15, 0.2) is 0 Å². The molecular formula is C52H30N4S. The average Bonchev–Trinajstić information content (AvgIpc) is 3.92. The summed E-state index contributed by atoms with van der Waals surface area (Å²) in [7, 11) is 0.